The van der Waals surface area contributed by atoms with Crippen LogP contribution in [0.15, 0.2) is 17.1 Å². The molecule has 2 aliphatic heterocycles. The van der Waals surface area contributed by atoms with Crippen LogP contribution in [-0.4, -0.2) is 51.2 Å². The number of carbonyl (C=O) groups excluding carboxylic acids is 2. The summed E-state index contributed by atoms with van der Waals surface area (Å²) in [6.07, 6.45) is 6.63. The zero-order valence-corrected chi connectivity index (χ0v) is 13.2. The summed E-state index contributed by atoms with van der Waals surface area (Å²) in [6.45, 7) is 1.47. The molecule has 2 aliphatic rings. The van der Waals surface area contributed by atoms with E-state index in [0.29, 0.717) is 19.5 Å². The van der Waals surface area contributed by atoms with Crippen LogP contribution >= 0.6 is 0 Å². The summed E-state index contributed by atoms with van der Waals surface area (Å²) < 4.78 is 0. The average Bonchev–Trinajstić information content (AvgIpc) is 2.94. The highest BCUT2D eigenvalue weighted by Crippen LogP contribution is 2.30. The SMILES string of the molecule is O=C1CCCCCN1CC(=O)N1CCCC1c1ccnc(=O)[nH]1. The maximum absolute atomic E-state index is 12.7. The van der Waals surface area contributed by atoms with Gasteiger partial charge in [0.05, 0.1) is 12.6 Å². The lowest BCUT2D eigenvalue weighted by Crippen LogP contribution is -2.42. The van der Waals surface area contributed by atoms with Crippen LogP contribution in [0.2, 0.25) is 0 Å². The van der Waals surface area contributed by atoms with Crippen molar-refractivity contribution in [2.45, 2.75) is 44.6 Å². The van der Waals surface area contributed by atoms with Crippen molar-refractivity contribution >= 4 is 11.8 Å². The molecule has 0 radical (unpaired) electrons. The van der Waals surface area contributed by atoms with E-state index in [4.69, 9.17) is 0 Å². The number of nitrogens with zero attached hydrogens (tertiary/aromatic N) is 3. The Kier molecular flexibility index (Phi) is 4.73. The van der Waals surface area contributed by atoms with E-state index in [0.717, 1.165) is 37.8 Å². The maximum Gasteiger partial charge on any atom is 0.345 e. The second kappa shape index (κ2) is 6.93. The highest BCUT2D eigenvalue weighted by Gasteiger charge is 2.32. The van der Waals surface area contributed by atoms with Crippen molar-refractivity contribution in [2.75, 3.05) is 19.6 Å². The fourth-order valence-corrected chi connectivity index (χ4v) is 3.43. The van der Waals surface area contributed by atoms with Crippen LogP contribution < -0.4 is 5.69 Å². The molecule has 1 aromatic heterocycles. The van der Waals surface area contributed by atoms with E-state index < -0.39 is 5.69 Å². The van der Waals surface area contributed by atoms with Crippen molar-refractivity contribution < 1.29 is 9.59 Å². The minimum absolute atomic E-state index is 0.0413. The van der Waals surface area contributed by atoms with Gasteiger partial charge in [0, 0.05) is 31.4 Å². The van der Waals surface area contributed by atoms with Gasteiger partial charge in [-0.1, -0.05) is 6.42 Å². The molecule has 7 nitrogen and oxygen atoms in total. The summed E-state index contributed by atoms with van der Waals surface area (Å²) in [5, 5.41) is 0. The van der Waals surface area contributed by atoms with Crippen molar-refractivity contribution in [1.29, 1.82) is 0 Å². The number of aromatic amines is 1. The monoisotopic (exact) mass is 318 g/mol. The molecule has 1 aromatic rings. The number of rotatable bonds is 3. The van der Waals surface area contributed by atoms with E-state index in [2.05, 4.69) is 9.97 Å². The summed E-state index contributed by atoms with van der Waals surface area (Å²) in [6, 6.07) is 1.62. The van der Waals surface area contributed by atoms with E-state index in [1.807, 2.05) is 0 Å². The van der Waals surface area contributed by atoms with E-state index in [-0.39, 0.29) is 24.4 Å². The summed E-state index contributed by atoms with van der Waals surface area (Å²) in [5.41, 5.74) is 0.322. The van der Waals surface area contributed by atoms with Gasteiger partial charge in [0.2, 0.25) is 11.8 Å². The molecule has 3 rings (SSSR count). The number of hydrogen-bond acceptors (Lipinski definition) is 4. The van der Waals surface area contributed by atoms with Gasteiger partial charge in [0.25, 0.3) is 0 Å². The first-order valence-corrected chi connectivity index (χ1v) is 8.27. The summed E-state index contributed by atoms with van der Waals surface area (Å²) in [7, 11) is 0. The smallest absolute Gasteiger partial charge is 0.333 e. The molecular formula is C16H22N4O3. The topological polar surface area (TPSA) is 86.4 Å². The van der Waals surface area contributed by atoms with Gasteiger partial charge in [-0.05, 0) is 31.7 Å². The van der Waals surface area contributed by atoms with Gasteiger partial charge < -0.3 is 14.8 Å². The largest absolute Gasteiger partial charge is 0.345 e. The third-order valence-electron chi connectivity index (χ3n) is 4.63. The fourth-order valence-electron chi connectivity index (χ4n) is 3.43. The molecule has 1 unspecified atom stereocenters. The molecule has 23 heavy (non-hydrogen) atoms. The third-order valence-corrected chi connectivity index (χ3v) is 4.63. The Morgan fingerprint density at radius 3 is 2.91 bits per heavy atom. The third kappa shape index (κ3) is 3.60. The quantitative estimate of drug-likeness (QED) is 0.894. The van der Waals surface area contributed by atoms with Gasteiger partial charge in [0.1, 0.15) is 0 Å². The second-order valence-corrected chi connectivity index (χ2v) is 6.20. The summed E-state index contributed by atoms with van der Waals surface area (Å²) in [5.74, 6) is 0.0318. The van der Waals surface area contributed by atoms with Crippen molar-refractivity contribution in [3.05, 3.63) is 28.4 Å². The Morgan fingerprint density at radius 1 is 1.22 bits per heavy atom. The van der Waals surface area contributed by atoms with E-state index in [1.165, 1.54) is 6.20 Å². The van der Waals surface area contributed by atoms with E-state index >= 15 is 0 Å². The van der Waals surface area contributed by atoms with Gasteiger partial charge in [-0.3, -0.25) is 9.59 Å². The van der Waals surface area contributed by atoms with Crippen molar-refractivity contribution in [2.24, 2.45) is 0 Å². The molecule has 2 saturated heterocycles. The van der Waals surface area contributed by atoms with E-state index in [1.54, 1.807) is 15.9 Å². The van der Waals surface area contributed by atoms with Crippen LogP contribution in [-0.2, 0) is 9.59 Å². The predicted molar refractivity (Wildman–Crippen MR) is 83.6 cm³/mol. The first-order valence-electron chi connectivity index (χ1n) is 8.27. The van der Waals surface area contributed by atoms with Crippen molar-refractivity contribution in [1.82, 2.24) is 19.8 Å². The van der Waals surface area contributed by atoms with Gasteiger partial charge in [0.15, 0.2) is 0 Å². The molecular weight excluding hydrogens is 296 g/mol. The summed E-state index contributed by atoms with van der Waals surface area (Å²) >= 11 is 0. The lowest BCUT2D eigenvalue weighted by molar-refractivity contribution is -0.140. The Balaban J connectivity index is 1.70. The number of hydrogen-bond donors (Lipinski definition) is 1. The number of nitrogens with one attached hydrogen (secondary N) is 1. The Morgan fingerprint density at radius 2 is 2.09 bits per heavy atom. The number of likely N-dealkylation sites (tertiary alicyclic amines) is 2. The highest BCUT2D eigenvalue weighted by molar-refractivity contribution is 5.85. The highest BCUT2D eigenvalue weighted by atomic mass is 16.2. The van der Waals surface area contributed by atoms with Gasteiger partial charge >= 0.3 is 5.69 Å². The minimum Gasteiger partial charge on any atom is -0.333 e. The molecule has 7 heteroatoms. The molecule has 2 amide bonds. The molecule has 0 saturated carbocycles. The average molecular weight is 318 g/mol. The van der Waals surface area contributed by atoms with Crippen LogP contribution in [0.25, 0.3) is 0 Å². The molecule has 124 valence electrons. The van der Waals surface area contributed by atoms with Gasteiger partial charge in [-0.25, -0.2) is 9.78 Å². The summed E-state index contributed by atoms with van der Waals surface area (Å²) in [4.78, 5) is 45.9. The van der Waals surface area contributed by atoms with Crippen molar-refractivity contribution in [3.8, 4) is 0 Å². The number of amides is 2. The Bertz CT molecular complexity index is 642. The maximum atomic E-state index is 12.7. The Labute approximate surface area is 134 Å². The fraction of sp³-hybridized carbons (Fsp3) is 0.625. The first kappa shape index (κ1) is 15.7. The molecule has 1 N–H and O–H groups in total. The molecule has 0 bridgehead atoms. The van der Waals surface area contributed by atoms with Gasteiger partial charge in [-0.15, -0.1) is 0 Å². The number of carbonyl (C=O) groups is 2. The standard InChI is InChI=1S/C16H22N4O3/c21-14-6-2-1-3-9-19(14)11-15(22)20-10-4-5-13(20)12-7-8-17-16(23)18-12/h7-8,13H,1-6,9-11H2,(H,17,18,23). The van der Waals surface area contributed by atoms with Crippen LogP contribution in [0.3, 0.4) is 0 Å². The lowest BCUT2D eigenvalue weighted by Gasteiger charge is -2.28. The number of H-pyrrole nitrogens is 1. The van der Waals surface area contributed by atoms with Crippen LogP contribution in [0, 0.1) is 0 Å². The lowest BCUT2D eigenvalue weighted by atomic mass is 10.1. The van der Waals surface area contributed by atoms with E-state index in [9.17, 15) is 14.4 Å². The molecule has 2 fully saturated rings. The Hall–Kier alpha value is -2.18. The molecule has 0 aromatic carbocycles. The predicted octanol–water partition coefficient (Wildman–Crippen LogP) is 0.836. The van der Waals surface area contributed by atoms with Crippen LogP contribution in [0.1, 0.15) is 50.3 Å². The van der Waals surface area contributed by atoms with Crippen LogP contribution in [0.5, 0.6) is 0 Å². The van der Waals surface area contributed by atoms with Crippen molar-refractivity contribution in [3.63, 3.8) is 0 Å². The van der Waals surface area contributed by atoms with Gasteiger partial charge in [-0.2, -0.15) is 0 Å². The second-order valence-electron chi connectivity index (χ2n) is 6.20. The zero-order chi connectivity index (χ0) is 16.2. The minimum atomic E-state index is -0.399. The molecule has 0 aliphatic carbocycles. The molecule has 3 heterocycles. The molecule has 0 spiro atoms. The van der Waals surface area contributed by atoms with Crippen LogP contribution in [0.4, 0.5) is 0 Å². The molecule has 1 atom stereocenters. The first-order chi connectivity index (χ1) is 11.1. The zero-order valence-electron chi connectivity index (χ0n) is 13.2. The normalized spacial score (nSPS) is 22.3. The number of aromatic nitrogens is 2.